The van der Waals surface area contributed by atoms with Gasteiger partial charge in [0, 0.05) is 5.56 Å². The molecule has 1 fully saturated rings. The highest BCUT2D eigenvalue weighted by Gasteiger charge is 2.27. The molecule has 1 aliphatic carbocycles. The summed E-state index contributed by atoms with van der Waals surface area (Å²) in [4.78, 5) is 3.04. The lowest BCUT2D eigenvalue weighted by Gasteiger charge is -2.29. The molecule has 1 aromatic heterocycles. The Hall–Kier alpha value is -2.04. The number of nitrogens with zero attached hydrogens (tertiary/aromatic N) is 1. The molecule has 5 heteroatoms. The van der Waals surface area contributed by atoms with Gasteiger partial charge in [-0.2, -0.15) is 13.8 Å². The molecule has 3 rings (SSSR count). The smallest absolute Gasteiger partial charge is 0.251 e. The number of benzene rings is 1. The Balaban J connectivity index is 1.63. The van der Waals surface area contributed by atoms with Crippen LogP contribution in [0.25, 0.3) is 0 Å². The van der Waals surface area contributed by atoms with E-state index in [1.54, 1.807) is 0 Å². The van der Waals surface area contributed by atoms with Crippen molar-refractivity contribution in [2.24, 2.45) is 0 Å². The van der Waals surface area contributed by atoms with Crippen molar-refractivity contribution in [2.75, 3.05) is 6.61 Å². The maximum absolute atomic E-state index is 13.8. The summed E-state index contributed by atoms with van der Waals surface area (Å²) in [5.74, 6) is -2.18. The normalized spacial score (nSPS) is 20.5. The molecule has 0 radical (unpaired) electrons. The Morgan fingerprint density at radius 2 is 1.60 bits per heavy atom. The molecule has 0 bridgehead atoms. The zero-order chi connectivity index (χ0) is 17.8. The van der Waals surface area contributed by atoms with E-state index in [2.05, 4.69) is 24.0 Å². The molecular formula is C20H22F3NO. The molecule has 0 unspecified atom stereocenters. The minimum Gasteiger partial charge on any atom is -0.494 e. The molecule has 1 heterocycles. The van der Waals surface area contributed by atoms with E-state index in [0.29, 0.717) is 12.5 Å². The quantitative estimate of drug-likeness (QED) is 0.643. The first-order valence-electron chi connectivity index (χ1n) is 8.82. The number of hydrogen-bond donors (Lipinski definition) is 0. The van der Waals surface area contributed by atoms with Crippen LogP contribution in [0, 0.1) is 17.7 Å². The van der Waals surface area contributed by atoms with E-state index in [0.717, 1.165) is 43.9 Å². The highest BCUT2D eigenvalue weighted by Crippen LogP contribution is 2.41. The third-order valence-electron chi connectivity index (χ3n) is 4.91. The SMILES string of the molecule is CCCOc1ccc([C@H]2CC[C@H](c3cc(F)c(F)nc3F)CC2)cc1. The van der Waals surface area contributed by atoms with Gasteiger partial charge < -0.3 is 4.74 Å². The van der Waals surface area contributed by atoms with Crippen LogP contribution in [0.4, 0.5) is 13.2 Å². The van der Waals surface area contributed by atoms with E-state index in [1.165, 1.54) is 5.56 Å². The number of rotatable bonds is 5. The first-order valence-corrected chi connectivity index (χ1v) is 8.82. The molecule has 134 valence electrons. The number of hydrogen-bond acceptors (Lipinski definition) is 2. The number of pyridine rings is 1. The lowest BCUT2D eigenvalue weighted by molar-refractivity contribution is 0.317. The van der Waals surface area contributed by atoms with Crippen molar-refractivity contribution in [1.82, 2.24) is 4.98 Å². The molecule has 25 heavy (non-hydrogen) atoms. The van der Waals surface area contributed by atoms with Crippen molar-refractivity contribution in [2.45, 2.75) is 50.9 Å². The van der Waals surface area contributed by atoms with Gasteiger partial charge in [-0.1, -0.05) is 19.1 Å². The van der Waals surface area contributed by atoms with Gasteiger partial charge in [-0.15, -0.1) is 0 Å². The second-order valence-electron chi connectivity index (χ2n) is 6.61. The summed E-state index contributed by atoms with van der Waals surface area (Å²) in [6.45, 7) is 2.77. The molecule has 1 saturated carbocycles. The van der Waals surface area contributed by atoms with Crippen LogP contribution < -0.4 is 4.74 Å². The molecule has 1 aliphatic rings. The van der Waals surface area contributed by atoms with E-state index >= 15 is 0 Å². The minimum absolute atomic E-state index is 0.106. The van der Waals surface area contributed by atoms with Crippen molar-refractivity contribution < 1.29 is 17.9 Å². The Morgan fingerprint density at radius 3 is 2.24 bits per heavy atom. The van der Waals surface area contributed by atoms with Crippen LogP contribution in [0.1, 0.15) is 62.0 Å². The molecule has 0 spiro atoms. The average molecular weight is 349 g/mol. The van der Waals surface area contributed by atoms with Gasteiger partial charge in [0.25, 0.3) is 5.95 Å². The molecule has 0 atom stereocenters. The molecule has 1 aromatic carbocycles. The van der Waals surface area contributed by atoms with Gasteiger partial charge in [0.15, 0.2) is 5.82 Å². The van der Waals surface area contributed by atoms with Crippen LogP contribution in [0.5, 0.6) is 5.75 Å². The van der Waals surface area contributed by atoms with Crippen molar-refractivity contribution in [3.05, 3.63) is 59.2 Å². The van der Waals surface area contributed by atoms with E-state index in [-0.39, 0.29) is 11.5 Å². The first kappa shape index (κ1) is 17.8. The third kappa shape index (κ3) is 4.14. The lowest BCUT2D eigenvalue weighted by atomic mass is 9.76. The second kappa shape index (κ2) is 7.89. The first-order chi connectivity index (χ1) is 12.1. The van der Waals surface area contributed by atoms with E-state index < -0.39 is 17.7 Å². The standard InChI is InChI=1S/C20H22F3NO/c1-2-11-25-16-9-7-14(8-10-16)13-3-5-15(6-4-13)17-12-18(21)20(23)24-19(17)22/h7-10,12-13,15H,2-6,11H2,1H3/t13-,15-. The fourth-order valence-electron chi connectivity index (χ4n) is 3.54. The minimum atomic E-state index is -1.37. The van der Waals surface area contributed by atoms with E-state index in [4.69, 9.17) is 4.74 Å². The predicted molar refractivity (Wildman–Crippen MR) is 90.3 cm³/mol. The van der Waals surface area contributed by atoms with Crippen molar-refractivity contribution in [3.63, 3.8) is 0 Å². The third-order valence-corrected chi connectivity index (χ3v) is 4.91. The topological polar surface area (TPSA) is 22.1 Å². The zero-order valence-corrected chi connectivity index (χ0v) is 14.3. The summed E-state index contributed by atoms with van der Waals surface area (Å²) in [5.41, 5.74) is 1.44. The maximum Gasteiger partial charge on any atom is 0.251 e. The Morgan fingerprint density at radius 1 is 0.960 bits per heavy atom. The van der Waals surface area contributed by atoms with Gasteiger partial charge in [0.1, 0.15) is 5.75 Å². The Kier molecular flexibility index (Phi) is 5.61. The molecule has 0 saturated heterocycles. The highest BCUT2D eigenvalue weighted by atomic mass is 19.2. The Bertz CT molecular complexity index is 710. The van der Waals surface area contributed by atoms with Gasteiger partial charge >= 0.3 is 0 Å². The van der Waals surface area contributed by atoms with Crippen molar-refractivity contribution in [1.29, 1.82) is 0 Å². The largest absolute Gasteiger partial charge is 0.494 e. The van der Waals surface area contributed by atoms with Gasteiger partial charge in [-0.25, -0.2) is 4.39 Å². The van der Waals surface area contributed by atoms with Crippen molar-refractivity contribution >= 4 is 0 Å². The Labute approximate surface area is 146 Å². The van der Waals surface area contributed by atoms with Gasteiger partial charge in [0.05, 0.1) is 6.61 Å². The molecule has 0 N–H and O–H groups in total. The highest BCUT2D eigenvalue weighted by molar-refractivity contribution is 5.30. The van der Waals surface area contributed by atoms with Crippen LogP contribution in [-0.4, -0.2) is 11.6 Å². The summed E-state index contributed by atoms with van der Waals surface area (Å²) in [7, 11) is 0. The van der Waals surface area contributed by atoms with Gasteiger partial charge in [-0.05, 0) is 67.7 Å². The van der Waals surface area contributed by atoms with Crippen molar-refractivity contribution in [3.8, 4) is 5.75 Å². The maximum atomic E-state index is 13.8. The van der Waals surface area contributed by atoms with Crippen LogP contribution in [0.3, 0.4) is 0 Å². The lowest BCUT2D eigenvalue weighted by Crippen LogP contribution is -2.14. The summed E-state index contributed by atoms with van der Waals surface area (Å²) >= 11 is 0. The van der Waals surface area contributed by atoms with Crippen LogP contribution in [0.15, 0.2) is 30.3 Å². The number of aromatic nitrogens is 1. The summed E-state index contributed by atoms with van der Waals surface area (Å²) in [5, 5.41) is 0. The number of halogens is 3. The van der Waals surface area contributed by atoms with Gasteiger partial charge in [0.2, 0.25) is 5.95 Å². The van der Waals surface area contributed by atoms with Crippen LogP contribution in [-0.2, 0) is 0 Å². The fourth-order valence-corrected chi connectivity index (χ4v) is 3.54. The molecule has 0 amide bonds. The zero-order valence-electron chi connectivity index (χ0n) is 14.3. The molecular weight excluding hydrogens is 327 g/mol. The monoisotopic (exact) mass is 349 g/mol. The predicted octanol–water partition coefficient (Wildman–Crippen LogP) is 5.73. The van der Waals surface area contributed by atoms with E-state index in [1.807, 2.05) is 12.1 Å². The fraction of sp³-hybridized carbons (Fsp3) is 0.450. The molecule has 2 nitrogen and oxygen atoms in total. The summed E-state index contributed by atoms with van der Waals surface area (Å²) in [6.07, 6.45) is 4.22. The summed E-state index contributed by atoms with van der Waals surface area (Å²) < 4.78 is 45.8. The van der Waals surface area contributed by atoms with Crippen LogP contribution >= 0.6 is 0 Å². The number of ether oxygens (including phenoxy) is 1. The van der Waals surface area contributed by atoms with E-state index in [9.17, 15) is 13.2 Å². The average Bonchev–Trinajstić information content (AvgIpc) is 2.64. The van der Waals surface area contributed by atoms with Crippen LogP contribution in [0.2, 0.25) is 0 Å². The summed E-state index contributed by atoms with van der Waals surface area (Å²) in [6, 6.07) is 9.08. The molecule has 0 aliphatic heterocycles. The second-order valence-corrected chi connectivity index (χ2v) is 6.61. The van der Waals surface area contributed by atoms with Gasteiger partial charge in [-0.3, -0.25) is 0 Å². The molecule has 2 aromatic rings.